The summed E-state index contributed by atoms with van der Waals surface area (Å²) in [5.41, 5.74) is 1.50. The van der Waals surface area contributed by atoms with Crippen LogP contribution in [-0.2, 0) is 0 Å². The first kappa shape index (κ1) is 15.3. The zero-order valence-electron chi connectivity index (χ0n) is 10.5. The molecule has 3 nitrogen and oxygen atoms in total. The van der Waals surface area contributed by atoms with Gasteiger partial charge in [-0.25, -0.2) is 0 Å². The van der Waals surface area contributed by atoms with Crippen LogP contribution in [-0.4, -0.2) is 23.2 Å². The van der Waals surface area contributed by atoms with Crippen LogP contribution < -0.4 is 9.47 Å². The Morgan fingerprint density at radius 3 is 2.53 bits per heavy atom. The first-order valence-corrected chi connectivity index (χ1v) is 8.24. The van der Waals surface area contributed by atoms with Gasteiger partial charge >= 0.3 is 0 Å². The number of ether oxygens (including phenoxy) is 2. The van der Waals surface area contributed by atoms with Crippen molar-refractivity contribution >= 4 is 53.6 Å². The summed E-state index contributed by atoms with van der Waals surface area (Å²) in [5, 5.41) is 0. The lowest BCUT2D eigenvalue weighted by atomic mass is 10.0. The number of Topliss-reactive ketones (excluding diaryl/α,β-unsaturated/α-hetero) is 1. The van der Waals surface area contributed by atoms with Crippen molar-refractivity contribution in [3.63, 3.8) is 0 Å². The van der Waals surface area contributed by atoms with E-state index in [0.29, 0.717) is 23.5 Å². The third kappa shape index (κ3) is 2.72. The lowest BCUT2D eigenvalue weighted by Gasteiger charge is -2.18. The first-order valence-electron chi connectivity index (χ1n) is 5.74. The average Bonchev–Trinajstić information content (AvgIpc) is 2.49. The fourth-order valence-electron chi connectivity index (χ4n) is 2.22. The van der Waals surface area contributed by atoms with Crippen LogP contribution in [0.1, 0.15) is 33.6 Å². The summed E-state index contributed by atoms with van der Waals surface area (Å²) in [5.74, 6) is 1.26. The highest BCUT2D eigenvalue weighted by Gasteiger charge is 2.40. The number of alkyl halides is 3. The zero-order chi connectivity index (χ0) is 14.2. The molecule has 2 rings (SSSR count). The molecule has 19 heavy (non-hydrogen) atoms. The van der Waals surface area contributed by atoms with Gasteiger partial charge in [0.2, 0.25) is 0 Å². The van der Waals surface area contributed by atoms with Crippen LogP contribution in [0, 0.1) is 0 Å². The van der Waals surface area contributed by atoms with Crippen molar-refractivity contribution in [2.24, 2.45) is 0 Å². The molecule has 0 spiro atoms. The summed E-state index contributed by atoms with van der Waals surface area (Å²) in [7, 11) is 3.17. The van der Waals surface area contributed by atoms with Crippen LogP contribution in [0.2, 0.25) is 0 Å². The van der Waals surface area contributed by atoms with E-state index in [9.17, 15) is 4.79 Å². The van der Waals surface area contributed by atoms with Crippen LogP contribution >= 0.6 is 47.8 Å². The Bertz CT molecular complexity index is 514. The van der Waals surface area contributed by atoms with E-state index < -0.39 is 3.23 Å². The summed E-state index contributed by atoms with van der Waals surface area (Å²) < 4.78 is 10.0. The van der Waals surface area contributed by atoms with E-state index in [1.807, 2.05) is 0 Å². The fraction of sp³-hybridized carbons (Fsp3) is 0.462. The molecular weight excluding hydrogens is 444 g/mol. The Labute approximate surface area is 137 Å². The van der Waals surface area contributed by atoms with Crippen LogP contribution in [0.3, 0.4) is 0 Å². The minimum atomic E-state index is -0.711. The minimum Gasteiger partial charge on any atom is -0.493 e. The predicted octanol–water partition coefficient (Wildman–Crippen LogP) is 4.60. The second-order valence-corrected chi connectivity index (χ2v) is 9.18. The zero-order valence-corrected chi connectivity index (χ0v) is 15.3. The molecule has 0 heterocycles. The maximum absolute atomic E-state index is 12.6. The number of ketones is 1. The van der Waals surface area contributed by atoms with E-state index >= 15 is 0 Å². The maximum atomic E-state index is 12.6. The Morgan fingerprint density at radius 2 is 1.95 bits per heavy atom. The molecule has 6 heteroatoms. The van der Waals surface area contributed by atoms with Gasteiger partial charge in [-0.05, 0) is 25.0 Å². The number of hydrogen-bond acceptors (Lipinski definition) is 3. The summed E-state index contributed by atoms with van der Waals surface area (Å²) in [6.45, 7) is 0. The monoisotopic (exact) mass is 454 g/mol. The van der Waals surface area contributed by atoms with Gasteiger partial charge in [-0.2, -0.15) is 0 Å². The van der Waals surface area contributed by atoms with Crippen molar-refractivity contribution in [3.8, 4) is 11.5 Å². The predicted molar refractivity (Wildman–Crippen MR) is 85.4 cm³/mol. The number of fused-ring (bicyclic) bond motifs is 1. The first-order chi connectivity index (χ1) is 8.92. The highest BCUT2D eigenvalue weighted by atomic mass is 79.9. The number of rotatable bonds is 2. The van der Waals surface area contributed by atoms with E-state index in [2.05, 4.69) is 47.8 Å². The Kier molecular flexibility index (Phi) is 4.63. The Balaban J connectivity index is 2.69. The van der Waals surface area contributed by atoms with E-state index in [0.717, 1.165) is 12.0 Å². The van der Waals surface area contributed by atoms with Gasteiger partial charge in [-0.1, -0.05) is 47.8 Å². The van der Waals surface area contributed by atoms with Gasteiger partial charge in [-0.15, -0.1) is 0 Å². The van der Waals surface area contributed by atoms with E-state index in [4.69, 9.17) is 9.47 Å². The number of carbonyl (C=O) groups is 1. The third-order valence-electron chi connectivity index (χ3n) is 3.19. The molecular formula is C13H13Br3O3. The molecule has 1 aromatic carbocycles. The molecule has 0 N–H and O–H groups in total. The summed E-state index contributed by atoms with van der Waals surface area (Å²) in [4.78, 5) is 12.6. The highest BCUT2D eigenvalue weighted by Crippen LogP contribution is 2.49. The van der Waals surface area contributed by atoms with Crippen LogP contribution in [0.4, 0.5) is 0 Å². The van der Waals surface area contributed by atoms with Crippen molar-refractivity contribution in [3.05, 3.63) is 23.3 Å². The molecule has 1 atom stereocenters. The van der Waals surface area contributed by atoms with Gasteiger partial charge in [0.1, 0.15) is 3.23 Å². The molecule has 0 fully saturated rings. The number of halogens is 3. The molecule has 0 aromatic heterocycles. The lowest BCUT2D eigenvalue weighted by Crippen LogP contribution is -2.23. The summed E-state index contributed by atoms with van der Waals surface area (Å²) in [6.07, 6.45) is 1.49. The topological polar surface area (TPSA) is 35.5 Å². The normalized spacial score (nSPS) is 21.5. The molecule has 0 saturated carbocycles. The summed E-state index contributed by atoms with van der Waals surface area (Å²) in [6, 6.07) is 3.55. The van der Waals surface area contributed by atoms with Crippen molar-refractivity contribution in [2.45, 2.75) is 20.9 Å². The Hall–Kier alpha value is -0.0700. The van der Waals surface area contributed by atoms with Gasteiger partial charge in [0.15, 0.2) is 17.3 Å². The SMILES string of the molecule is COc1ccc2c(c1OC)[C@@H](Br)CCC(Br)(Br)C2=O. The molecule has 0 aliphatic heterocycles. The Morgan fingerprint density at radius 1 is 1.26 bits per heavy atom. The summed E-state index contributed by atoms with van der Waals surface area (Å²) >= 11 is 10.6. The number of benzene rings is 1. The number of carbonyl (C=O) groups excluding carboxylic acids is 1. The highest BCUT2D eigenvalue weighted by molar-refractivity contribution is 9.26. The second kappa shape index (κ2) is 5.74. The van der Waals surface area contributed by atoms with Crippen molar-refractivity contribution < 1.29 is 14.3 Å². The van der Waals surface area contributed by atoms with Gasteiger partial charge < -0.3 is 9.47 Å². The molecule has 0 saturated heterocycles. The third-order valence-corrected chi connectivity index (χ3v) is 5.61. The van der Waals surface area contributed by atoms with Gasteiger partial charge in [0, 0.05) is 16.0 Å². The van der Waals surface area contributed by atoms with Crippen LogP contribution in [0.25, 0.3) is 0 Å². The van der Waals surface area contributed by atoms with Gasteiger partial charge in [0.25, 0.3) is 0 Å². The number of methoxy groups -OCH3 is 2. The molecule has 104 valence electrons. The molecule has 1 aliphatic rings. The van der Waals surface area contributed by atoms with Crippen LogP contribution in [0.15, 0.2) is 12.1 Å². The molecule has 0 unspecified atom stereocenters. The molecule has 1 aliphatic carbocycles. The minimum absolute atomic E-state index is 0.00500. The molecule has 0 radical (unpaired) electrons. The van der Waals surface area contributed by atoms with Crippen molar-refractivity contribution in [1.29, 1.82) is 0 Å². The molecule has 0 bridgehead atoms. The van der Waals surface area contributed by atoms with Gasteiger partial charge in [-0.3, -0.25) is 4.79 Å². The van der Waals surface area contributed by atoms with Crippen molar-refractivity contribution in [2.75, 3.05) is 14.2 Å². The maximum Gasteiger partial charge on any atom is 0.190 e. The molecule has 0 amide bonds. The molecule has 1 aromatic rings. The van der Waals surface area contributed by atoms with Crippen molar-refractivity contribution in [1.82, 2.24) is 0 Å². The quantitative estimate of drug-likeness (QED) is 0.482. The van der Waals surface area contributed by atoms with E-state index in [1.165, 1.54) is 0 Å². The van der Waals surface area contributed by atoms with Crippen LogP contribution in [0.5, 0.6) is 11.5 Å². The van der Waals surface area contributed by atoms with E-state index in [1.54, 1.807) is 26.4 Å². The number of hydrogen-bond donors (Lipinski definition) is 0. The van der Waals surface area contributed by atoms with E-state index in [-0.39, 0.29) is 10.6 Å². The fourth-order valence-corrected chi connectivity index (χ4v) is 3.79. The standard InChI is InChI=1S/C13H13Br3O3/c1-18-9-4-3-7-10(11(9)19-2)8(14)5-6-13(15,16)12(7)17/h3-4,8H,5-6H2,1-2H3/t8-/m0/s1. The largest absolute Gasteiger partial charge is 0.493 e. The lowest BCUT2D eigenvalue weighted by molar-refractivity contribution is 0.0981. The average molecular weight is 457 g/mol. The second-order valence-electron chi connectivity index (χ2n) is 4.30. The van der Waals surface area contributed by atoms with Gasteiger partial charge in [0.05, 0.1) is 14.2 Å². The smallest absolute Gasteiger partial charge is 0.190 e.